The molecule has 4 aromatic rings. The van der Waals surface area contributed by atoms with Crippen LogP contribution in [0.1, 0.15) is 11.6 Å². The van der Waals surface area contributed by atoms with Crippen LogP contribution in [0.4, 0.5) is 10.1 Å². The number of benzene rings is 2. The molecule has 1 N–H and O–H groups in total. The fourth-order valence-electron chi connectivity index (χ4n) is 2.85. The van der Waals surface area contributed by atoms with Crippen molar-refractivity contribution < 1.29 is 13.7 Å². The first kappa shape index (κ1) is 19.6. The van der Waals surface area contributed by atoms with Crippen LogP contribution in [0, 0.1) is 27.3 Å². The van der Waals surface area contributed by atoms with Gasteiger partial charge in [-0.05, 0) is 36.4 Å². The maximum atomic E-state index is 13.4. The van der Waals surface area contributed by atoms with E-state index in [0.717, 1.165) is 0 Å². The third kappa shape index (κ3) is 3.64. The Morgan fingerprint density at radius 1 is 1.23 bits per heavy atom. The Labute approximate surface area is 178 Å². The molecule has 0 aliphatic carbocycles. The molecule has 2 aromatic carbocycles. The lowest BCUT2D eigenvalue weighted by Gasteiger charge is -2.02. The van der Waals surface area contributed by atoms with Crippen molar-refractivity contribution in [2.75, 3.05) is 0 Å². The zero-order valence-corrected chi connectivity index (χ0v) is 16.3. The number of nitrogens with zero attached hydrogens (tertiary/aromatic N) is 3. The largest absolute Gasteiger partial charge is 0.457 e. The molecule has 7 nitrogen and oxygen atoms in total. The van der Waals surface area contributed by atoms with Gasteiger partial charge in [-0.3, -0.25) is 10.1 Å². The fourth-order valence-corrected chi connectivity index (χ4v) is 3.39. The average Bonchev–Trinajstić information content (AvgIpc) is 3.32. The summed E-state index contributed by atoms with van der Waals surface area (Å²) in [5.74, 6) is 0.373. The highest BCUT2D eigenvalue weighted by Crippen LogP contribution is 2.37. The molecule has 0 saturated heterocycles. The molecule has 2 aromatic heterocycles. The molecule has 0 atom stereocenters. The zero-order valence-electron chi connectivity index (χ0n) is 14.8. The van der Waals surface area contributed by atoms with E-state index in [2.05, 4.69) is 9.97 Å². The van der Waals surface area contributed by atoms with Crippen molar-refractivity contribution in [3.8, 4) is 17.4 Å². The van der Waals surface area contributed by atoms with E-state index in [1.807, 2.05) is 6.07 Å². The number of nitro benzene ring substituents is 1. The Balaban J connectivity index is 1.72. The summed E-state index contributed by atoms with van der Waals surface area (Å²) >= 11 is 12.0. The van der Waals surface area contributed by atoms with Crippen molar-refractivity contribution in [2.45, 2.75) is 0 Å². The van der Waals surface area contributed by atoms with Crippen LogP contribution in [-0.2, 0) is 0 Å². The highest BCUT2D eigenvalue weighted by molar-refractivity contribution is 6.37. The minimum atomic E-state index is -0.621. The van der Waals surface area contributed by atoms with Gasteiger partial charge in [-0.25, -0.2) is 9.37 Å². The van der Waals surface area contributed by atoms with E-state index in [4.69, 9.17) is 27.6 Å². The molecular formula is C20H9Cl2FN4O3. The van der Waals surface area contributed by atoms with E-state index in [9.17, 15) is 19.8 Å². The number of allylic oxidation sites excluding steroid dienone is 1. The van der Waals surface area contributed by atoms with E-state index < -0.39 is 10.7 Å². The standard InChI is InChI=1S/C20H9Cl2FN4O3/c21-14-8-15(22)18(27(28)29)7-13(14)19-4-2-12(30-19)5-10(9-24)20-25-16-3-1-11(23)6-17(16)26-20/h1-8H,(H,25,26)/b10-5-. The number of nitro groups is 1. The molecule has 0 spiro atoms. The summed E-state index contributed by atoms with van der Waals surface area (Å²) < 4.78 is 19.1. The molecule has 0 fully saturated rings. The molecule has 0 aliphatic rings. The maximum absolute atomic E-state index is 13.4. The van der Waals surface area contributed by atoms with Crippen molar-refractivity contribution >= 4 is 51.6 Å². The van der Waals surface area contributed by atoms with E-state index in [1.54, 1.807) is 12.1 Å². The number of hydrogen-bond donors (Lipinski definition) is 1. The normalized spacial score (nSPS) is 11.6. The third-order valence-electron chi connectivity index (χ3n) is 4.23. The van der Waals surface area contributed by atoms with Crippen LogP contribution in [0.2, 0.25) is 10.0 Å². The minimum absolute atomic E-state index is 0.0893. The molecule has 0 amide bonds. The second-order valence-electron chi connectivity index (χ2n) is 6.16. The van der Waals surface area contributed by atoms with Gasteiger partial charge in [-0.2, -0.15) is 5.26 Å². The van der Waals surface area contributed by atoms with Gasteiger partial charge in [0.1, 0.15) is 34.3 Å². The second kappa shape index (κ2) is 7.63. The number of aromatic amines is 1. The number of rotatable bonds is 4. The average molecular weight is 443 g/mol. The molecule has 0 saturated carbocycles. The lowest BCUT2D eigenvalue weighted by atomic mass is 10.1. The first-order valence-corrected chi connectivity index (χ1v) is 9.12. The maximum Gasteiger partial charge on any atom is 0.288 e. The van der Waals surface area contributed by atoms with Gasteiger partial charge in [0.2, 0.25) is 0 Å². The van der Waals surface area contributed by atoms with Gasteiger partial charge < -0.3 is 9.40 Å². The molecule has 0 unspecified atom stereocenters. The van der Waals surface area contributed by atoms with Crippen LogP contribution in [0.3, 0.4) is 0 Å². The van der Waals surface area contributed by atoms with Gasteiger partial charge in [-0.15, -0.1) is 0 Å². The van der Waals surface area contributed by atoms with Gasteiger partial charge in [0.05, 0.1) is 26.6 Å². The van der Waals surface area contributed by atoms with Crippen LogP contribution >= 0.6 is 23.2 Å². The van der Waals surface area contributed by atoms with E-state index in [0.29, 0.717) is 16.8 Å². The van der Waals surface area contributed by atoms with Crippen LogP contribution < -0.4 is 0 Å². The van der Waals surface area contributed by atoms with E-state index in [-0.39, 0.29) is 38.5 Å². The third-order valence-corrected chi connectivity index (χ3v) is 4.85. The predicted octanol–water partition coefficient (Wildman–Crippen LogP) is 6.24. The molecule has 0 aliphatic heterocycles. The number of H-pyrrole nitrogens is 1. The molecule has 148 valence electrons. The molecule has 10 heteroatoms. The topological polar surface area (TPSA) is 109 Å². The Morgan fingerprint density at radius 3 is 2.77 bits per heavy atom. The predicted molar refractivity (Wildman–Crippen MR) is 110 cm³/mol. The van der Waals surface area contributed by atoms with Gasteiger partial charge in [-0.1, -0.05) is 23.2 Å². The summed E-state index contributed by atoms with van der Waals surface area (Å²) in [5.41, 5.74) is 1.09. The Morgan fingerprint density at radius 2 is 2.03 bits per heavy atom. The van der Waals surface area contributed by atoms with Gasteiger partial charge in [0, 0.05) is 17.7 Å². The monoisotopic (exact) mass is 442 g/mol. The van der Waals surface area contributed by atoms with Crippen LogP contribution in [-0.4, -0.2) is 14.9 Å². The summed E-state index contributed by atoms with van der Waals surface area (Å²) in [6, 6.07) is 11.7. The minimum Gasteiger partial charge on any atom is -0.457 e. The molecule has 2 heterocycles. The number of nitriles is 1. The summed E-state index contributed by atoms with van der Waals surface area (Å²) in [4.78, 5) is 17.7. The van der Waals surface area contributed by atoms with E-state index >= 15 is 0 Å². The number of fused-ring (bicyclic) bond motifs is 1. The highest BCUT2D eigenvalue weighted by Gasteiger charge is 2.19. The number of aromatic nitrogens is 2. The van der Waals surface area contributed by atoms with Crippen molar-refractivity contribution in [1.82, 2.24) is 9.97 Å². The Hall–Kier alpha value is -3.67. The summed E-state index contributed by atoms with van der Waals surface area (Å²) in [7, 11) is 0. The van der Waals surface area contributed by atoms with Crippen molar-refractivity contribution in [1.29, 1.82) is 5.26 Å². The van der Waals surface area contributed by atoms with Crippen molar-refractivity contribution in [2.24, 2.45) is 0 Å². The SMILES string of the molecule is N#C/C(=C/c1ccc(-c2cc([N+](=O)[O-])c(Cl)cc2Cl)o1)c1nc2ccc(F)cc2[nH]1. The van der Waals surface area contributed by atoms with Crippen LogP contribution in [0.25, 0.3) is 34.0 Å². The molecular weight excluding hydrogens is 434 g/mol. The number of nitrogens with one attached hydrogen (secondary N) is 1. The van der Waals surface area contributed by atoms with Gasteiger partial charge in [0.15, 0.2) is 0 Å². The first-order chi connectivity index (χ1) is 14.4. The first-order valence-electron chi connectivity index (χ1n) is 8.37. The highest BCUT2D eigenvalue weighted by atomic mass is 35.5. The number of halogens is 3. The van der Waals surface area contributed by atoms with Gasteiger partial charge >= 0.3 is 0 Å². The van der Waals surface area contributed by atoms with Crippen molar-refractivity contribution in [3.05, 3.63) is 80.0 Å². The Bertz CT molecular complexity index is 1380. The van der Waals surface area contributed by atoms with E-state index in [1.165, 1.54) is 36.4 Å². The number of imidazole rings is 1. The quantitative estimate of drug-likeness (QED) is 0.228. The number of hydrogen-bond acceptors (Lipinski definition) is 5. The van der Waals surface area contributed by atoms with Gasteiger partial charge in [0.25, 0.3) is 5.69 Å². The number of furan rings is 1. The zero-order chi connectivity index (χ0) is 21.4. The summed E-state index contributed by atoms with van der Waals surface area (Å²) in [6.07, 6.45) is 1.44. The summed E-state index contributed by atoms with van der Waals surface area (Å²) in [5, 5.41) is 20.7. The smallest absolute Gasteiger partial charge is 0.288 e. The molecule has 0 radical (unpaired) electrons. The molecule has 30 heavy (non-hydrogen) atoms. The van der Waals surface area contributed by atoms with Crippen molar-refractivity contribution in [3.63, 3.8) is 0 Å². The Kier molecular flexibility index (Phi) is 4.99. The molecule has 0 bridgehead atoms. The molecule has 4 rings (SSSR count). The summed E-state index contributed by atoms with van der Waals surface area (Å²) in [6.45, 7) is 0. The lowest BCUT2D eigenvalue weighted by Crippen LogP contribution is -1.90. The lowest BCUT2D eigenvalue weighted by molar-refractivity contribution is -0.384. The van der Waals surface area contributed by atoms with Crippen LogP contribution in [0.5, 0.6) is 0 Å². The fraction of sp³-hybridized carbons (Fsp3) is 0. The second-order valence-corrected chi connectivity index (χ2v) is 6.97. The van der Waals surface area contributed by atoms with Crippen LogP contribution in [0.15, 0.2) is 46.9 Å².